The van der Waals surface area contributed by atoms with E-state index in [1.54, 1.807) is 12.1 Å². The van der Waals surface area contributed by atoms with Gasteiger partial charge in [0.05, 0.1) is 12.2 Å². The van der Waals surface area contributed by atoms with Gasteiger partial charge < -0.3 is 19.8 Å². The molecule has 0 atom stereocenters. The van der Waals surface area contributed by atoms with Crippen LogP contribution in [-0.4, -0.2) is 53.9 Å². The van der Waals surface area contributed by atoms with E-state index in [1.165, 1.54) is 12.1 Å². The van der Waals surface area contributed by atoms with Gasteiger partial charge in [0.15, 0.2) is 0 Å². The lowest BCUT2D eigenvalue weighted by molar-refractivity contribution is -0.122. The van der Waals surface area contributed by atoms with Crippen molar-refractivity contribution in [3.05, 3.63) is 30.1 Å². The Kier molecular flexibility index (Phi) is 9.34. The minimum Gasteiger partial charge on any atom is -0.494 e. The second-order valence-electron chi connectivity index (χ2n) is 6.25. The van der Waals surface area contributed by atoms with Crippen LogP contribution in [0.15, 0.2) is 24.3 Å². The first-order valence-corrected chi connectivity index (χ1v) is 8.36. The summed E-state index contributed by atoms with van der Waals surface area (Å²) < 4.78 is 18.3. The molecule has 1 saturated carbocycles. The van der Waals surface area contributed by atoms with Crippen molar-refractivity contribution < 1.29 is 24.1 Å². The van der Waals surface area contributed by atoms with E-state index in [-0.39, 0.29) is 12.3 Å². The number of benzene rings is 1. The van der Waals surface area contributed by atoms with Crippen molar-refractivity contribution in [1.29, 1.82) is 0 Å². The molecule has 0 amide bonds. The topological polar surface area (TPSA) is 70.0 Å². The van der Waals surface area contributed by atoms with Gasteiger partial charge in [-0.15, -0.1) is 0 Å². The molecule has 0 aromatic heterocycles. The third-order valence-electron chi connectivity index (χ3n) is 4.26. The third kappa shape index (κ3) is 8.26. The molecule has 0 spiro atoms. The molecule has 0 heterocycles. The molecule has 136 valence electrons. The first-order chi connectivity index (χ1) is 11.5. The van der Waals surface area contributed by atoms with Crippen molar-refractivity contribution in [2.24, 2.45) is 0 Å². The maximum Gasteiger partial charge on any atom is 0.290 e. The van der Waals surface area contributed by atoms with Crippen LogP contribution in [0.1, 0.15) is 38.5 Å². The molecule has 5 nitrogen and oxygen atoms in total. The van der Waals surface area contributed by atoms with Gasteiger partial charge in [0, 0.05) is 13.1 Å². The van der Waals surface area contributed by atoms with Gasteiger partial charge in [-0.2, -0.15) is 0 Å². The zero-order valence-corrected chi connectivity index (χ0v) is 14.3. The maximum atomic E-state index is 12.7. The van der Waals surface area contributed by atoms with Crippen LogP contribution in [-0.2, 0) is 4.79 Å². The lowest BCUT2D eigenvalue weighted by Gasteiger charge is -2.25. The lowest BCUT2D eigenvalue weighted by Crippen LogP contribution is -2.32. The van der Waals surface area contributed by atoms with E-state index >= 15 is 0 Å². The highest BCUT2D eigenvalue weighted by molar-refractivity contribution is 5.32. The fourth-order valence-corrected chi connectivity index (χ4v) is 2.85. The standard InChI is InChI=1S/C17H26FNO2.CH2O2/c1-19(13-11-17(20)9-2-3-10-17)12-4-14-21-16-7-5-15(18)6-8-16;2-1-3/h5-8,20H,2-4,9-14H2,1H3;1H,(H,2,3). The summed E-state index contributed by atoms with van der Waals surface area (Å²) in [5, 5.41) is 17.2. The monoisotopic (exact) mass is 341 g/mol. The minimum absolute atomic E-state index is 0.244. The molecule has 1 aliphatic rings. The van der Waals surface area contributed by atoms with Crippen LogP contribution in [0.4, 0.5) is 4.39 Å². The summed E-state index contributed by atoms with van der Waals surface area (Å²) >= 11 is 0. The molecule has 1 aromatic carbocycles. The Balaban J connectivity index is 0.000000891. The highest BCUT2D eigenvalue weighted by Crippen LogP contribution is 2.32. The zero-order chi connectivity index (χ0) is 17.8. The predicted molar refractivity (Wildman–Crippen MR) is 90.7 cm³/mol. The number of carbonyl (C=O) groups is 1. The quantitative estimate of drug-likeness (QED) is 0.562. The number of ether oxygens (including phenoxy) is 1. The van der Waals surface area contributed by atoms with Crippen LogP contribution < -0.4 is 4.74 Å². The van der Waals surface area contributed by atoms with Crippen molar-refractivity contribution in [3.63, 3.8) is 0 Å². The van der Waals surface area contributed by atoms with Crippen LogP contribution in [0.3, 0.4) is 0 Å². The Hall–Kier alpha value is -1.66. The van der Waals surface area contributed by atoms with E-state index in [2.05, 4.69) is 11.9 Å². The summed E-state index contributed by atoms with van der Waals surface area (Å²) in [5.74, 6) is 0.464. The fourth-order valence-electron chi connectivity index (χ4n) is 2.85. The minimum atomic E-state index is -0.418. The number of hydrogen-bond donors (Lipinski definition) is 2. The van der Waals surface area contributed by atoms with Crippen LogP contribution in [0, 0.1) is 5.82 Å². The number of halogens is 1. The predicted octanol–water partition coefficient (Wildman–Crippen LogP) is 2.92. The lowest BCUT2D eigenvalue weighted by atomic mass is 9.98. The Morgan fingerprint density at radius 1 is 1.25 bits per heavy atom. The SMILES string of the molecule is CN(CCCOc1ccc(F)cc1)CCC1(O)CCCC1.O=CO. The van der Waals surface area contributed by atoms with E-state index in [1.807, 2.05) is 0 Å². The van der Waals surface area contributed by atoms with Gasteiger partial charge >= 0.3 is 0 Å². The molecule has 1 aromatic rings. The van der Waals surface area contributed by atoms with Crippen molar-refractivity contribution in [3.8, 4) is 5.75 Å². The number of rotatable bonds is 8. The van der Waals surface area contributed by atoms with Crippen LogP contribution >= 0.6 is 0 Å². The molecule has 0 radical (unpaired) electrons. The van der Waals surface area contributed by atoms with E-state index in [9.17, 15) is 9.50 Å². The smallest absolute Gasteiger partial charge is 0.290 e. The molecule has 24 heavy (non-hydrogen) atoms. The largest absolute Gasteiger partial charge is 0.494 e. The van der Waals surface area contributed by atoms with Gasteiger partial charge in [0.1, 0.15) is 11.6 Å². The number of hydrogen-bond acceptors (Lipinski definition) is 4. The van der Waals surface area contributed by atoms with E-state index in [0.717, 1.165) is 51.6 Å². The van der Waals surface area contributed by atoms with Gasteiger partial charge in [0.2, 0.25) is 0 Å². The summed E-state index contributed by atoms with van der Waals surface area (Å²) in [6.07, 6.45) is 6.01. The van der Waals surface area contributed by atoms with Crippen LogP contribution in [0.5, 0.6) is 5.75 Å². The van der Waals surface area contributed by atoms with Crippen molar-refractivity contribution in [2.45, 2.75) is 44.1 Å². The Morgan fingerprint density at radius 3 is 2.42 bits per heavy atom. The van der Waals surface area contributed by atoms with Crippen LogP contribution in [0.2, 0.25) is 0 Å². The normalized spacial score (nSPS) is 15.7. The van der Waals surface area contributed by atoms with Gasteiger partial charge in [0.25, 0.3) is 6.47 Å². The second kappa shape index (κ2) is 11.0. The number of nitrogens with zero attached hydrogens (tertiary/aromatic N) is 1. The van der Waals surface area contributed by atoms with Crippen molar-refractivity contribution in [2.75, 3.05) is 26.7 Å². The molecule has 0 unspecified atom stereocenters. The molecule has 0 aliphatic heterocycles. The summed E-state index contributed by atoms with van der Waals surface area (Å²) in [4.78, 5) is 10.6. The van der Waals surface area contributed by atoms with Gasteiger partial charge in [-0.3, -0.25) is 4.79 Å². The molecule has 2 N–H and O–H groups in total. The molecular formula is C18H28FNO4. The van der Waals surface area contributed by atoms with E-state index in [4.69, 9.17) is 14.6 Å². The van der Waals surface area contributed by atoms with Crippen molar-refractivity contribution in [1.82, 2.24) is 4.90 Å². The Bertz CT molecular complexity index is 461. The molecular weight excluding hydrogens is 313 g/mol. The summed E-state index contributed by atoms with van der Waals surface area (Å²) in [7, 11) is 2.08. The van der Waals surface area contributed by atoms with Gasteiger partial charge in [-0.25, -0.2) is 4.39 Å². The van der Waals surface area contributed by atoms with E-state index < -0.39 is 5.60 Å². The van der Waals surface area contributed by atoms with Gasteiger partial charge in [-0.1, -0.05) is 12.8 Å². The second-order valence-corrected chi connectivity index (χ2v) is 6.25. The first kappa shape index (κ1) is 20.4. The van der Waals surface area contributed by atoms with Crippen molar-refractivity contribution >= 4 is 6.47 Å². The Labute approximate surface area is 143 Å². The average Bonchev–Trinajstić information content (AvgIpc) is 2.99. The van der Waals surface area contributed by atoms with E-state index in [0.29, 0.717) is 12.4 Å². The maximum absolute atomic E-state index is 12.7. The zero-order valence-electron chi connectivity index (χ0n) is 14.3. The molecule has 0 saturated heterocycles. The summed E-state index contributed by atoms with van der Waals surface area (Å²) in [5.41, 5.74) is -0.418. The number of aliphatic hydroxyl groups is 1. The Morgan fingerprint density at radius 2 is 1.83 bits per heavy atom. The summed E-state index contributed by atoms with van der Waals surface area (Å²) in [6, 6.07) is 6.11. The van der Waals surface area contributed by atoms with Crippen LogP contribution in [0.25, 0.3) is 0 Å². The molecule has 1 fully saturated rings. The molecule has 6 heteroatoms. The average molecular weight is 341 g/mol. The fraction of sp³-hybridized carbons (Fsp3) is 0.611. The molecule has 1 aliphatic carbocycles. The molecule has 2 rings (SSSR count). The van der Waals surface area contributed by atoms with Gasteiger partial charge in [-0.05, 0) is 57.0 Å². The number of carboxylic acid groups (broad SMARTS) is 1. The highest BCUT2D eigenvalue weighted by Gasteiger charge is 2.30. The first-order valence-electron chi connectivity index (χ1n) is 8.36. The summed E-state index contributed by atoms with van der Waals surface area (Å²) in [6.45, 7) is 2.24. The third-order valence-corrected chi connectivity index (χ3v) is 4.26. The highest BCUT2D eigenvalue weighted by atomic mass is 19.1. The molecule has 0 bridgehead atoms.